The first-order valence-electron chi connectivity index (χ1n) is 9.01. The van der Waals surface area contributed by atoms with Crippen LogP contribution in [0.4, 0.5) is 15.9 Å². The van der Waals surface area contributed by atoms with E-state index in [4.69, 9.17) is 0 Å². The van der Waals surface area contributed by atoms with Crippen molar-refractivity contribution in [1.29, 1.82) is 0 Å². The van der Waals surface area contributed by atoms with Gasteiger partial charge in [-0.05, 0) is 43.2 Å². The van der Waals surface area contributed by atoms with Crippen LogP contribution in [0.25, 0.3) is 11.0 Å². The Balaban J connectivity index is 1.35. The highest BCUT2D eigenvalue weighted by Gasteiger charge is 2.24. The fourth-order valence-corrected chi connectivity index (χ4v) is 3.36. The smallest absolute Gasteiger partial charge is 0.241 e. The third-order valence-corrected chi connectivity index (χ3v) is 4.76. The molecule has 0 spiro atoms. The lowest BCUT2D eigenvalue weighted by molar-refractivity contribution is -0.130. The summed E-state index contributed by atoms with van der Waals surface area (Å²) in [5, 5.41) is 7.44. The quantitative estimate of drug-likeness (QED) is 0.645. The van der Waals surface area contributed by atoms with Crippen molar-refractivity contribution in [1.82, 2.24) is 19.9 Å². The van der Waals surface area contributed by atoms with E-state index in [1.54, 1.807) is 12.1 Å². The highest BCUT2D eigenvalue weighted by molar-refractivity contribution is 5.87. The Morgan fingerprint density at radius 2 is 2.11 bits per heavy atom. The fraction of sp³-hybridized carbons (Fsp3) is 0.316. The molecule has 0 aliphatic carbocycles. The van der Waals surface area contributed by atoms with Gasteiger partial charge in [0.1, 0.15) is 23.6 Å². The molecule has 1 aliphatic heterocycles. The number of carbonyl (C=O) groups is 1. The third kappa shape index (κ3) is 3.99. The fourth-order valence-electron chi connectivity index (χ4n) is 3.36. The van der Waals surface area contributed by atoms with Gasteiger partial charge in [0.2, 0.25) is 5.91 Å². The number of hydrogen-bond donors (Lipinski definition) is 3. The van der Waals surface area contributed by atoms with Crippen LogP contribution in [0, 0.1) is 5.82 Å². The number of aromatic amines is 1. The van der Waals surface area contributed by atoms with E-state index < -0.39 is 0 Å². The maximum absolute atomic E-state index is 13.0. The SMILES string of the molecule is O=C(CNc1ccc(F)cc1)N1CCC[C@H](Nc2ncnc3[nH]ccc23)C1. The van der Waals surface area contributed by atoms with Gasteiger partial charge in [-0.3, -0.25) is 4.79 Å². The number of amides is 1. The van der Waals surface area contributed by atoms with Crippen LogP contribution in [-0.2, 0) is 4.79 Å². The predicted molar refractivity (Wildman–Crippen MR) is 102 cm³/mol. The predicted octanol–water partition coefficient (Wildman–Crippen LogP) is 2.61. The van der Waals surface area contributed by atoms with Crippen LogP contribution in [0.3, 0.4) is 0 Å². The molecule has 27 heavy (non-hydrogen) atoms. The molecule has 1 atom stereocenters. The number of nitrogens with one attached hydrogen (secondary N) is 3. The first-order chi connectivity index (χ1) is 13.2. The Bertz CT molecular complexity index is 925. The summed E-state index contributed by atoms with van der Waals surface area (Å²) >= 11 is 0. The average molecular weight is 368 g/mol. The lowest BCUT2D eigenvalue weighted by atomic mass is 10.1. The largest absolute Gasteiger partial charge is 0.376 e. The summed E-state index contributed by atoms with van der Waals surface area (Å²) in [5.41, 5.74) is 1.52. The molecule has 8 heteroatoms. The van der Waals surface area contributed by atoms with E-state index >= 15 is 0 Å². The van der Waals surface area contributed by atoms with E-state index in [0.29, 0.717) is 6.54 Å². The number of fused-ring (bicyclic) bond motifs is 1. The zero-order valence-corrected chi connectivity index (χ0v) is 14.8. The van der Waals surface area contributed by atoms with Crippen molar-refractivity contribution in [2.24, 2.45) is 0 Å². The number of carbonyl (C=O) groups excluding carboxylic acids is 1. The number of aromatic nitrogens is 3. The Labute approximate surface area is 156 Å². The van der Waals surface area contributed by atoms with Crippen LogP contribution in [0.15, 0.2) is 42.9 Å². The Hall–Kier alpha value is -3.16. The van der Waals surface area contributed by atoms with Crippen molar-refractivity contribution >= 4 is 28.4 Å². The second-order valence-electron chi connectivity index (χ2n) is 6.65. The summed E-state index contributed by atoms with van der Waals surface area (Å²) in [5.74, 6) is 0.517. The number of likely N-dealkylation sites (tertiary alicyclic amines) is 1. The van der Waals surface area contributed by atoms with Crippen molar-refractivity contribution in [2.45, 2.75) is 18.9 Å². The lowest BCUT2D eigenvalue weighted by Gasteiger charge is -2.33. The molecule has 1 amide bonds. The van der Waals surface area contributed by atoms with Crippen LogP contribution in [0.1, 0.15) is 12.8 Å². The Morgan fingerprint density at radius 3 is 2.96 bits per heavy atom. The molecule has 0 bridgehead atoms. The molecule has 1 saturated heterocycles. The van der Waals surface area contributed by atoms with Gasteiger partial charge in [0.05, 0.1) is 11.9 Å². The minimum atomic E-state index is -0.293. The average Bonchev–Trinajstić information content (AvgIpc) is 3.17. The Kier molecular flexibility index (Phi) is 4.86. The van der Waals surface area contributed by atoms with Crippen LogP contribution in [0.2, 0.25) is 0 Å². The highest BCUT2D eigenvalue weighted by atomic mass is 19.1. The number of piperidine rings is 1. The minimum Gasteiger partial charge on any atom is -0.376 e. The number of benzene rings is 1. The van der Waals surface area contributed by atoms with E-state index in [2.05, 4.69) is 25.6 Å². The summed E-state index contributed by atoms with van der Waals surface area (Å²) in [6.07, 6.45) is 5.27. The second kappa shape index (κ2) is 7.61. The summed E-state index contributed by atoms with van der Waals surface area (Å²) in [6.45, 7) is 1.55. The van der Waals surface area contributed by atoms with Crippen LogP contribution in [-0.4, -0.2) is 51.4 Å². The first-order valence-corrected chi connectivity index (χ1v) is 9.01. The standard InChI is InChI=1S/C19H21FN6O/c20-13-3-5-14(6-4-13)22-10-17(27)26-9-1-2-15(11-26)25-19-16-7-8-21-18(16)23-12-24-19/h3-8,12,15,22H,1-2,9-11H2,(H2,21,23,24,25)/t15-/m0/s1. The molecule has 1 aliphatic rings. The maximum atomic E-state index is 13.0. The van der Waals surface area contributed by atoms with Crippen molar-refractivity contribution in [3.05, 3.63) is 48.7 Å². The number of anilines is 2. The number of hydrogen-bond acceptors (Lipinski definition) is 5. The molecule has 0 radical (unpaired) electrons. The topological polar surface area (TPSA) is 85.9 Å². The van der Waals surface area contributed by atoms with Gasteiger partial charge in [-0.2, -0.15) is 0 Å². The van der Waals surface area contributed by atoms with Crippen LogP contribution >= 0.6 is 0 Å². The molecule has 0 saturated carbocycles. The van der Waals surface area contributed by atoms with Crippen molar-refractivity contribution < 1.29 is 9.18 Å². The molecule has 3 aromatic rings. The third-order valence-electron chi connectivity index (χ3n) is 4.76. The number of rotatable bonds is 5. The monoisotopic (exact) mass is 368 g/mol. The molecule has 1 fully saturated rings. The van der Waals surface area contributed by atoms with Gasteiger partial charge in [-0.15, -0.1) is 0 Å². The summed E-state index contributed by atoms with van der Waals surface area (Å²) in [4.78, 5) is 26.0. The molecule has 3 N–H and O–H groups in total. The van der Waals surface area contributed by atoms with Gasteiger partial charge >= 0.3 is 0 Å². The number of H-pyrrole nitrogens is 1. The first kappa shape index (κ1) is 17.3. The van der Waals surface area contributed by atoms with Gasteiger partial charge in [0, 0.05) is 31.0 Å². The van der Waals surface area contributed by atoms with E-state index in [0.717, 1.165) is 41.9 Å². The normalized spacial score (nSPS) is 17.1. The van der Waals surface area contributed by atoms with Gasteiger partial charge in [-0.25, -0.2) is 14.4 Å². The van der Waals surface area contributed by atoms with E-state index in [-0.39, 0.29) is 24.3 Å². The second-order valence-corrected chi connectivity index (χ2v) is 6.65. The molecule has 0 unspecified atom stereocenters. The van der Waals surface area contributed by atoms with Gasteiger partial charge in [0.15, 0.2) is 0 Å². The molecule has 1 aromatic carbocycles. The molecule has 3 heterocycles. The summed E-state index contributed by atoms with van der Waals surface area (Å²) in [6, 6.07) is 8.08. The number of halogens is 1. The zero-order valence-electron chi connectivity index (χ0n) is 14.8. The van der Waals surface area contributed by atoms with Gasteiger partial charge < -0.3 is 20.5 Å². The maximum Gasteiger partial charge on any atom is 0.241 e. The molecular weight excluding hydrogens is 347 g/mol. The van der Waals surface area contributed by atoms with Crippen LogP contribution < -0.4 is 10.6 Å². The molecule has 140 valence electrons. The minimum absolute atomic E-state index is 0.0281. The van der Waals surface area contributed by atoms with Gasteiger partial charge in [0.25, 0.3) is 0 Å². The summed E-state index contributed by atoms with van der Waals surface area (Å²) in [7, 11) is 0. The molecular formula is C19H21FN6O. The van der Waals surface area contributed by atoms with E-state index in [9.17, 15) is 9.18 Å². The van der Waals surface area contributed by atoms with Crippen LogP contribution in [0.5, 0.6) is 0 Å². The molecule has 2 aromatic heterocycles. The van der Waals surface area contributed by atoms with Gasteiger partial charge in [-0.1, -0.05) is 0 Å². The van der Waals surface area contributed by atoms with E-state index in [1.807, 2.05) is 17.2 Å². The Morgan fingerprint density at radius 1 is 1.26 bits per heavy atom. The summed E-state index contributed by atoms with van der Waals surface area (Å²) < 4.78 is 13.0. The van der Waals surface area contributed by atoms with Crippen molar-refractivity contribution in [2.75, 3.05) is 30.3 Å². The zero-order chi connectivity index (χ0) is 18.6. The highest BCUT2D eigenvalue weighted by Crippen LogP contribution is 2.21. The van der Waals surface area contributed by atoms with E-state index in [1.165, 1.54) is 18.5 Å². The molecule has 7 nitrogen and oxygen atoms in total. The van der Waals surface area contributed by atoms with Crippen molar-refractivity contribution in [3.8, 4) is 0 Å². The lowest BCUT2D eigenvalue weighted by Crippen LogP contribution is -2.47. The number of nitrogens with zero attached hydrogens (tertiary/aromatic N) is 3. The van der Waals surface area contributed by atoms with Crippen molar-refractivity contribution in [3.63, 3.8) is 0 Å². The molecule has 4 rings (SSSR count).